The van der Waals surface area contributed by atoms with Crippen molar-refractivity contribution in [2.75, 3.05) is 11.9 Å². The molecule has 19 heavy (non-hydrogen) atoms. The van der Waals surface area contributed by atoms with Crippen molar-refractivity contribution in [1.29, 1.82) is 0 Å². The molecule has 0 aliphatic rings. The molecule has 0 aliphatic heterocycles. The highest BCUT2D eigenvalue weighted by atomic mass is 16.5. The second kappa shape index (κ2) is 7.38. The van der Waals surface area contributed by atoms with E-state index in [9.17, 15) is 9.59 Å². The molecule has 0 saturated heterocycles. The van der Waals surface area contributed by atoms with Gasteiger partial charge in [-0.25, -0.2) is 0 Å². The number of nitrogens with two attached hydrogens (primary N) is 2. The van der Waals surface area contributed by atoms with E-state index in [-0.39, 0.29) is 12.5 Å². The number of hydrogen-bond acceptors (Lipinski definition) is 4. The number of benzene rings is 1. The zero-order valence-electron chi connectivity index (χ0n) is 10.9. The van der Waals surface area contributed by atoms with Crippen LogP contribution in [0.25, 0.3) is 0 Å². The summed E-state index contributed by atoms with van der Waals surface area (Å²) in [6, 6.07) is 6.13. The molecule has 0 aromatic heterocycles. The number of anilines is 1. The number of rotatable bonds is 7. The number of carbonyl (C=O) groups excluding carboxylic acids is 2. The molecular weight excluding hydrogens is 246 g/mol. The van der Waals surface area contributed by atoms with E-state index < -0.39 is 11.9 Å². The fraction of sp³-hybridized carbons (Fsp3) is 0.385. The summed E-state index contributed by atoms with van der Waals surface area (Å²) < 4.78 is 5.10. The number of amides is 2. The van der Waals surface area contributed by atoms with Crippen LogP contribution in [0.1, 0.15) is 19.8 Å². The molecule has 5 N–H and O–H groups in total. The third kappa shape index (κ3) is 5.39. The average molecular weight is 265 g/mol. The van der Waals surface area contributed by atoms with E-state index in [1.165, 1.54) is 0 Å². The van der Waals surface area contributed by atoms with E-state index in [1.807, 2.05) is 6.92 Å². The van der Waals surface area contributed by atoms with E-state index in [0.29, 0.717) is 17.9 Å². The van der Waals surface area contributed by atoms with Crippen molar-refractivity contribution in [3.8, 4) is 5.75 Å². The zero-order chi connectivity index (χ0) is 14.3. The van der Waals surface area contributed by atoms with Gasteiger partial charge in [-0.3, -0.25) is 9.59 Å². The van der Waals surface area contributed by atoms with Crippen molar-refractivity contribution in [3.63, 3.8) is 0 Å². The monoisotopic (exact) mass is 265 g/mol. The summed E-state index contributed by atoms with van der Waals surface area (Å²) in [5.41, 5.74) is 11.3. The number of primary amides is 1. The van der Waals surface area contributed by atoms with E-state index in [1.54, 1.807) is 24.3 Å². The summed E-state index contributed by atoms with van der Waals surface area (Å²) in [4.78, 5) is 22.2. The average Bonchev–Trinajstić information content (AvgIpc) is 2.38. The van der Waals surface area contributed by atoms with Gasteiger partial charge in [0.15, 0.2) is 6.61 Å². The fourth-order valence-electron chi connectivity index (χ4n) is 1.47. The Hall–Kier alpha value is -2.08. The Balaban J connectivity index is 2.52. The minimum absolute atomic E-state index is 0.174. The third-order valence-corrected chi connectivity index (χ3v) is 2.44. The minimum Gasteiger partial charge on any atom is -0.484 e. The lowest BCUT2D eigenvalue weighted by Gasteiger charge is -2.11. The SMILES string of the molecule is CCCC(N)C(=O)Nc1ccc(OCC(N)=O)cc1. The molecule has 2 amide bonds. The third-order valence-electron chi connectivity index (χ3n) is 2.44. The Morgan fingerprint density at radius 2 is 1.95 bits per heavy atom. The van der Waals surface area contributed by atoms with Crippen molar-refractivity contribution in [2.24, 2.45) is 11.5 Å². The van der Waals surface area contributed by atoms with Gasteiger partial charge in [-0.05, 0) is 30.7 Å². The van der Waals surface area contributed by atoms with Gasteiger partial charge in [-0.1, -0.05) is 13.3 Å². The molecule has 0 bridgehead atoms. The van der Waals surface area contributed by atoms with Crippen LogP contribution >= 0.6 is 0 Å². The van der Waals surface area contributed by atoms with Crippen LogP contribution in [0.3, 0.4) is 0 Å². The Labute approximate surface area is 112 Å². The fourth-order valence-corrected chi connectivity index (χ4v) is 1.47. The molecule has 6 heteroatoms. The molecule has 1 unspecified atom stereocenters. The van der Waals surface area contributed by atoms with Crippen molar-refractivity contribution in [3.05, 3.63) is 24.3 Å². The molecule has 1 rings (SSSR count). The Morgan fingerprint density at radius 1 is 1.32 bits per heavy atom. The highest BCUT2D eigenvalue weighted by molar-refractivity contribution is 5.94. The first-order valence-corrected chi connectivity index (χ1v) is 6.10. The summed E-state index contributed by atoms with van der Waals surface area (Å²) in [7, 11) is 0. The summed E-state index contributed by atoms with van der Waals surface area (Å²) in [5, 5.41) is 2.71. The quantitative estimate of drug-likeness (QED) is 0.671. The highest BCUT2D eigenvalue weighted by Gasteiger charge is 2.12. The normalized spacial score (nSPS) is 11.7. The van der Waals surface area contributed by atoms with Crippen LogP contribution in [0.2, 0.25) is 0 Å². The molecule has 0 radical (unpaired) electrons. The molecule has 0 aliphatic carbocycles. The maximum Gasteiger partial charge on any atom is 0.255 e. The standard InChI is InChI=1S/C13H19N3O3/c1-2-3-11(14)13(18)16-9-4-6-10(7-5-9)19-8-12(15)17/h4-7,11H,2-3,8,14H2,1H3,(H2,15,17)(H,16,18). The Kier molecular flexibility index (Phi) is 5.81. The van der Waals surface area contributed by atoms with Crippen LogP contribution in [0.15, 0.2) is 24.3 Å². The number of nitrogens with one attached hydrogen (secondary N) is 1. The van der Waals surface area contributed by atoms with Crippen molar-refractivity contribution >= 4 is 17.5 Å². The second-order valence-electron chi connectivity index (χ2n) is 4.16. The minimum atomic E-state index is -0.539. The molecule has 0 heterocycles. The lowest BCUT2D eigenvalue weighted by molar-refractivity contribution is -0.120. The summed E-state index contributed by atoms with van der Waals surface area (Å²) >= 11 is 0. The molecule has 6 nitrogen and oxygen atoms in total. The predicted octanol–water partition coefficient (Wildman–Crippen LogP) is 0.617. The molecule has 0 spiro atoms. The zero-order valence-corrected chi connectivity index (χ0v) is 10.9. The van der Waals surface area contributed by atoms with Crippen molar-refractivity contribution < 1.29 is 14.3 Å². The van der Waals surface area contributed by atoms with E-state index in [2.05, 4.69) is 5.32 Å². The molecule has 0 saturated carbocycles. The lowest BCUT2D eigenvalue weighted by Crippen LogP contribution is -2.35. The summed E-state index contributed by atoms with van der Waals surface area (Å²) in [6.07, 6.45) is 1.50. The van der Waals surface area contributed by atoms with Gasteiger partial charge in [0.2, 0.25) is 5.91 Å². The van der Waals surface area contributed by atoms with Crippen molar-refractivity contribution in [1.82, 2.24) is 0 Å². The van der Waals surface area contributed by atoms with E-state index >= 15 is 0 Å². The first-order chi connectivity index (χ1) is 9.02. The number of hydrogen-bond donors (Lipinski definition) is 3. The van der Waals surface area contributed by atoms with Crippen molar-refractivity contribution in [2.45, 2.75) is 25.8 Å². The Morgan fingerprint density at radius 3 is 2.47 bits per heavy atom. The molecular formula is C13H19N3O3. The van der Waals surface area contributed by atoms with Gasteiger partial charge in [0.25, 0.3) is 5.91 Å². The maximum absolute atomic E-state index is 11.7. The predicted molar refractivity (Wildman–Crippen MR) is 72.6 cm³/mol. The molecule has 104 valence electrons. The van der Waals surface area contributed by atoms with Crippen LogP contribution in [-0.4, -0.2) is 24.5 Å². The maximum atomic E-state index is 11.7. The Bertz CT molecular complexity index is 431. The summed E-state index contributed by atoms with van der Waals surface area (Å²) in [5.74, 6) is -0.245. The van der Waals surface area contributed by atoms with Crippen LogP contribution in [0, 0.1) is 0 Å². The van der Waals surface area contributed by atoms with E-state index in [0.717, 1.165) is 6.42 Å². The topological polar surface area (TPSA) is 107 Å². The molecule has 1 atom stereocenters. The van der Waals surface area contributed by atoms with Gasteiger partial charge in [-0.2, -0.15) is 0 Å². The van der Waals surface area contributed by atoms with Gasteiger partial charge < -0.3 is 21.5 Å². The van der Waals surface area contributed by atoms with Crippen LogP contribution in [0.4, 0.5) is 5.69 Å². The first-order valence-electron chi connectivity index (χ1n) is 6.10. The second-order valence-corrected chi connectivity index (χ2v) is 4.16. The number of ether oxygens (including phenoxy) is 1. The van der Waals surface area contributed by atoms with Gasteiger partial charge in [0, 0.05) is 5.69 Å². The van der Waals surface area contributed by atoms with Gasteiger partial charge in [0.1, 0.15) is 5.75 Å². The number of carbonyl (C=O) groups is 2. The highest BCUT2D eigenvalue weighted by Crippen LogP contribution is 2.15. The molecule has 1 aromatic carbocycles. The molecule has 1 aromatic rings. The lowest BCUT2D eigenvalue weighted by atomic mass is 10.1. The molecule has 0 fully saturated rings. The van der Waals surface area contributed by atoms with Gasteiger partial charge in [0.05, 0.1) is 6.04 Å². The first kappa shape index (κ1) is 15.0. The van der Waals surface area contributed by atoms with Gasteiger partial charge >= 0.3 is 0 Å². The van der Waals surface area contributed by atoms with Crippen LogP contribution in [0.5, 0.6) is 5.75 Å². The van der Waals surface area contributed by atoms with Gasteiger partial charge in [-0.15, -0.1) is 0 Å². The largest absolute Gasteiger partial charge is 0.484 e. The van der Waals surface area contributed by atoms with Crippen LogP contribution in [-0.2, 0) is 9.59 Å². The smallest absolute Gasteiger partial charge is 0.255 e. The summed E-state index contributed by atoms with van der Waals surface area (Å²) in [6.45, 7) is 1.80. The van der Waals surface area contributed by atoms with E-state index in [4.69, 9.17) is 16.2 Å². The van der Waals surface area contributed by atoms with Crippen LogP contribution < -0.4 is 21.5 Å².